The van der Waals surface area contributed by atoms with Crippen molar-refractivity contribution in [1.82, 2.24) is 15.0 Å². The summed E-state index contributed by atoms with van der Waals surface area (Å²) in [6.45, 7) is 0. The summed E-state index contributed by atoms with van der Waals surface area (Å²) in [5.74, 6) is 0.115. The van der Waals surface area contributed by atoms with Gasteiger partial charge in [-0.1, -0.05) is 0 Å². The van der Waals surface area contributed by atoms with Crippen molar-refractivity contribution in [3.8, 4) is 0 Å². The number of halogens is 2. The van der Waals surface area contributed by atoms with Crippen molar-refractivity contribution in [3.05, 3.63) is 34.8 Å². The molecule has 0 atom stereocenters. The van der Waals surface area contributed by atoms with Crippen molar-refractivity contribution in [2.24, 2.45) is 0 Å². The second kappa shape index (κ2) is 6.99. The fraction of sp³-hybridized carbons (Fsp3) is 0. The van der Waals surface area contributed by atoms with E-state index in [-0.39, 0.29) is 51.0 Å². The number of anilines is 2. The van der Waals surface area contributed by atoms with Crippen LogP contribution in [0, 0.1) is 0 Å². The summed E-state index contributed by atoms with van der Waals surface area (Å²) in [5.41, 5.74) is 0.491. The molecule has 1 heterocycles. The van der Waals surface area contributed by atoms with Crippen molar-refractivity contribution >= 4 is 74.5 Å². The van der Waals surface area contributed by atoms with E-state index < -0.39 is 10.1 Å². The summed E-state index contributed by atoms with van der Waals surface area (Å²) in [6.07, 6.45) is 0. The molecule has 0 fully saturated rings. The monoisotopic (exact) mass is 343 g/mol. The molecule has 0 spiro atoms. The van der Waals surface area contributed by atoms with Gasteiger partial charge in [-0.25, -0.2) is 0 Å². The predicted octanol–water partition coefficient (Wildman–Crippen LogP) is 1.79. The van der Waals surface area contributed by atoms with E-state index in [1.54, 1.807) is 0 Å². The van der Waals surface area contributed by atoms with E-state index in [9.17, 15) is 8.42 Å². The maximum atomic E-state index is 10.9. The number of benzene rings is 1. The normalized spacial score (nSPS) is 10.8. The molecule has 11 heteroatoms. The third-order valence-electron chi connectivity index (χ3n) is 1.99. The van der Waals surface area contributed by atoms with Gasteiger partial charge < -0.3 is 5.32 Å². The Morgan fingerprint density at radius 2 is 1.50 bits per heavy atom. The topological polar surface area (TPSA) is 105 Å². The molecule has 0 unspecified atom stereocenters. The number of rotatable bonds is 3. The molecular formula is C9H6Cl2N4NaO3S. The summed E-state index contributed by atoms with van der Waals surface area (Å²) in [7, 11) is -4.22. The minimum Gasteiger partial charge on any atom is -0.324 e. The van der Waals surface area contributed by atoms with Crippen LogP contribution in [-0.4, -0.2) is 57.5 Å². The first kappa shape index (κ1) is 17.6. The van der Waals surface area contributed by atoms with Crippen LogP contribution in [0.5, 0.6) is 0 Å². The molecule has 101 valence electrons. The van der Waals surface area contributed by atoms with Gasteiger partial charge in [0.05, 0.1) is 4.90 Å². The molecule has 2 aromatic rings. The number of aromatic nitrogens is 3. The maximum absolute atomic E-state index is 10.9. The van der Waals surface area contributed by atoms with Crippen LogP contribution in [0.1, 0.15) is 0 Å². The molecule has 1 aromatic carbocycles. The number of hydrogen-bond donors (Lipinski definition) is 2. The van der Waals surface area contributed by atoms with E-state index in [1.807, 2.05) is 0 Å². The first-order chi connectivity index (χ1) is 8.84. The molecule has 1 radical (unpaired) electrons. The van der Waals surface area contributed by atoms with Gasteiger partial charge >= 0.3 is 0 Å². The quantitative estimate of drug-likeness (QED) is 0.646. The molecule has 0 aliphatic heterocycles. The van der Waals surface area contributed by atoms with Crippen LogP contribution in [0.15, 0.2) is 29.2 Å². The van der Waals surface area contributed by atoms with Crippen molar-refractivity contribution in [1.29, 1.82) is 0 Å². The number of hydrogen-bond acceptors (Lipinski definition) is 6. The van der Waals surface area contributed by atoms with Crippen LogP contribution in [0.25, 0.3) is 0 Å². The van der Waals surface area contributed by atoms with Gasteiger partial charge in [-0.05, 0) is 47.5 Å². The first-order valence-electron chi connectivity index (χ1n) is 4.76. The van der Waals surface area contributed by atoms with E-state index in [2.05, 4.69) is 20.3 Å². The van der Waals surface area contributed by atoms with Gasteiger partial charge in [0.2, 0.25) is 16.5 Å². The van der Waals surface area contributed by atoms with Crippen molar-refractivity contribution in [2.75, 3.05) is 5.32 Å². The van der Waals surface area contributed by atoms with Crippen LogP contribution in [0.4, 0.5) is 11.6 Å². The summed E-state index contributed by atoms with van der Waals surface area (Å²) in [4.78, 5) is 10.9. The number of nitrogens with zero attached hydrogens (tertiary/aromatic N) is 3. The summed E-state index contributed by atoms with van der Waals surface area (Å²) in [5, 5.41) is 2.61. The van der Waals surface area contributed by atoms with Gasteiger partial charge in [-0.15, -0.1) is 0 Å². The van der Waals surface area contributed by atoms with Gasteiger partial charge in [-0.2, -0.15) is 23.4 Å². The minimum absolute atomic E-state index is 0. The Kier molecular flexibility index (Phi) is 6.14. The van der Waals surface area contributed by atoms with Crippen molar-refractivity contribution in [2.45, 2.75) is 4.90 Å². The summed E-state index contributed by atoms with van der Waals surface area (Å²) < 4.78 is 30.5. The largest absolute Gasteiger partial charge is 0.324 e. The minimum atomic E-state index is -4.22. The van der Waals surface area contributed by atoms with E-state index in [1.165, 1.54) is 24.3 Å². The Hall–Kier alpha value is -0.480. The molecule has 7 nitrogen and oxygen atoms in total. The van der Waals surface area contributed by atoms with Gasteiger partial charge in [0.15, 0.2) is 0 Å². The van der Waals surface area contributed by atoms with Gasteiger partial charge in [-0.3, -0.25) is 4.55 Å². The molecule has 0 aliphatic carbocycles. The molecule has 0 aliphatic rings. The fourth-order valence-electron chi connectivity index (χ4n) is 1.22. The van der Waals surface area contributed by atoms with Gasteiger partial charge in [0.25, 0.3) is 10.1 Å². The zero-order valence-corrected chi connectivity index (χ0v) is 14.4. The number of nitrogens with one attached hydrogen (secondary N) is 1. The summed E-state index contributed by atoms with van der Waals surface area (Å²) >= 11 is 11.2. The third kappa shape index (κ3) is 4.81. The maximum Gasteiger partial charge on any atom is 0.294 e. The smallest absolute Gasteiger partial charge is 0.294 e. The van der Waals surface area contributed by atoms with E-state index in [0.29, 0.717) is 5.69 Å². The Labute approximate surface area is 146 Å². The SMILES string of the molecule is O=S(=O)(O)c1ccc(Nc2nc(Cl)nc(Cl)n2)cc1.[Na]. The molecule has 1 aromatic heterocycles. The Balaban J connectivity index is 0.00000200. The molecular weight excluding hydrogens is 338 g/mol. The Morgan fingerprint density at radius 3 is 1.95 bits per heavy atom. The Bertz CT molecular complexity index is 691. The molecule has 2 N–H and O–H groups in total. The van der Waals surface area contributed by atoms with E-state index >= 15 is 0 Å². The molecule has 0 amide bonds. The molecule has 20 heavy (non-hydrogen) atoms. The van der Waals surface area contributed by atoms with E-state index in [0.717, 1.165) is 0 Å². The molecule has 2 rings (SSSR count). The van der Waals surface area contributed by atoms with Crippen LogP contribution in [0.2, 0.25) is 10.6 Å². The van der Waals surface area contributed by atoms with Crippen molar-refractivity contribution in [3.63, 3.8) is 0 Å². The molecule has 0 saturated carbocycles. The fourth-order valence-corrected chi connectivity index (χ4v) is 2.06. The second-order valence-electron chi connectivity index (χ2n) is 3.32. The van der Waals surface area contributed by atoms with Crippen molar-refractivity contribution < 1.29 is 13.0 Å². The standard InChI is InChI=1S/C9H6Cl2N4O3S.Na/c10-7-13-8(11)15-9(14-7)12-5-1-3-6(4-2-5)19(16,17)18;/h1-4H,(H,16,17,18)(H,12,13,14,15);. The zero-order valence-electron chi connectivity index (χ0n) is 10.1. The van der Waals surface area contributed by atoms with Crippen LogP contribution >= 0.6 is 23.2 Å². The predicted molar refractivity (Wildman–Crippen MR) is 75.1 cm³/mol. The molecule has 0 bridgehead atoms. The average Bonchev–Trinajstić information content (AvgIpc) is 2.26. The average molecular weight is 344 g/mol. The zero-order chi connectivity index (χ0) is 14.0. The van der Waals surface area contributed by atoms with Gasteiger partial charge in [0.1, 0.15) is 0 Å². The van der Waals surface area contributed by atoms with E-state index in [4.69, 9.17) is 27.8 Å². The first-order valence-corrected chi connectivity index (χ1v) is 6.96. The Morgan fingerprint density at radius 1 is 1.00 bits per heavy atom. The van der Waals surface area contributed by atoms with Crippen LogP contribution in [-0.2, 0) is 10.1 Å². The van der Waals surface area contributed by atoms with Crippen LogP contribution in [0.3, 0.4) is 0 Å². The third-order valence-corrected chi connectivity index (χ3v) is 3.20. The molecule has 0 saturated heterocycles. The van der Waals surface area contributed by atoms with Gasteiger partial charge in [0, 0.05) is 35.2 Å². The van der Waals surface area contributed by atoms with Crippen LogP contribution < -0.4 is 5.32 Å². The summed E-state index contributed by atoms with van der Waals surface area (Å²) in [6, 6.07) is 5.30. The second-order valence-corrected chi connectivity index (χ2v) is 5.42.